The van der Waals surface area contributed by atoms with Crippen LogP contribution in [0.15, 0.2) is 59.4 Å². The Morgan fingerprint density at radius 1 is 1.06 bits per heavy atom. The third-order valence-corrected chi connectivity index (χ3v) is 7.08. The second kappa shape index (κ2) is 9.89. The molecule has 0 saturated carbocycles. The van der Waals surface area contributed by atoms with Crippen LogP contribution >= 0.6 is 0 Å². The number of aromatic nitrogens is 5. The fourth-order valence-corrected chi connectivity index (χ4v) is 4.93. The van der Waals surface area contributed by atoms with E-state index < -0.39 is 0 Å². The Morgan fingerprint density at radius 2 is 1.85 bits per heavy atom. The van der Waals surface area contributed by atoms with Crippen molar-refractivity contribution in [3.8, 4) is 0 Å². The number of fused-ring (bicyclic) bond motifs is 1. The average Bonchev–Trinajstić information content (AvgIpc) is 3.33. The van der Waals surface area contributed by atoms with Crippen molar-refractivity contribution >= 4 is 10.9 Å². The minimum Gasteiger partial charge on any atom is -0.322 e. The summed E-state index contributed by atoms with van der Waals surface area (Å²) in [6.07, 6.45) is 3.99. The predicted octanol–water partition coefficient (Wildman–Crippen LogP) is 4.14. The lowest BCUT2D eigenvalue weighted by atomic mass is 9.95. The van der Waals surface area contributed by atoms with E-state index in [4.69, 9.17) is 0 Å². The molecule has 1 aliphatic rings. The number of hydrogen-bond acceptors (Lipinski definition) is 5. The highest BCUT2D eigenvalue weighted by Crippen LogP contribution is 2.31. The number of piperidine rings is 1. The SMILES string of the molecule is CCc1ccc2[nH]c(=O)c(C(c3nnnn3CCc3ccccc3)N3CCC(C)CC3)cc2c1. The van der Waals surface area contributed by atoms with Crippen molar-refractivity contribution in [3.63, 3.8) is 0 Å². The van der Waals surface area contributed by atoms with Crippen LogP contribution in [0.1, 0.15) is 55.2 Å². The number of nitrogens with zero attached hydrogens (tertiary/aromatic N) is 5. The second-order valence-electron chi connectivity index (χ2n) is 9.45. The molecule has 4 aromatic rings. The number of hydrogen-bond donors (Lipinski definition) is 1. The van der Waals surface area contributed by atoms with E-state index >= 15 is 0 Å². The van der Waals surface area contributed by atoms with Gasteiger partial charge in [-0.15, -0.1) is 5.10 Å². The zero-order valence-corrected chi connectivity index (χ0v) is 19.9. The van der Waals surface area contributed by atoms with Crippen LogP contribution in [0.4, 0.5) is 0 Å². The van der Waals surface area contributed by atoms with E-state index in [0.717, 1.165) is 55.5 Å². The van der Waals surface area contributed by atoms with Crippen LogP contribution in [0.2, 0.25) is 0 Å². The van der Waals surface area contributed by atoms with E-state index in [-0.39, 0.29) is 11.6 Å². The molecule has 1 fully saturated rings. The number of tetrazole rings is 1. The van der Waals surface area contributed by atoms with Crippen molar-refractivity contribution in [1.29, 1.82) is 0 Å². The summed E-state index contributed by atoms with van der Waals surface area (Å²) in [6, 6.07) is 18.4. The summed E-state index contributed by atoms with van der Waals surface area (Å²) >= 11 is 0. The first-order valence-electron chi connectivity index (χ1n) is 12.3. The summed E-state index contributed by atoms with van der Waals surface area (Å²) in [5.74, 6) is 1.43. The first-order valence-corrected chi connectivity index (χ1v) is 12.3. The van der Waals surface area contributed by atoms with Gasteiger partial charge in [0, 0.05) is 17.6 Å². The number of rotatable bonds is 7. The van der Waals surface area contributed by atoms with Gasteiger partial charge in [-0.1, -0.05) is 50.2 Å². The maximum atomic E-state index is 13.4. The smallest absolute Gasteiger partial charge is 0.253 e. The molecule has 1 saturated heterocycles. The first kappa shape index (κ1) is 22.5. The van der Waals surface area contributed by atoms with Gasteiger partial charge in [-0.05, 0) is 89.8 Å². The molecule has 1 unspecified atom stereocenters. The zero-order chi connectivity index (χ0) is 23.5. The number of aryl methyl sites for hydroxylation is 3. The summed E-state index contributed by atoms with van der Waals surface area (Å²) in [5, 5.41) is 13.9. The van der Waals surface area contributed by atoms with Crippen molar-refractivity contribution in [1.82, 2.24) is 30.1 Å². The maximum absolute atomic E-state index is 13.4. The standard InChI is InChI=1S/C27H32N6O/c1-3-20-9-10-24-22(17-20)18-23(27(34)28-24)25(32-14-11-19(2)12-15-32)26-29-30-31-33(26)16-13-21-7-5-4-6-8-21/h4-10,17-19,25H,3,11-16H2,1-2H3,(H,28,34). The van der Waals surface area contributed by atoms with E-state index in [1.807, 2.05) is 35.0 Å². The molecule has 7 heteroatoms. The molecular weight excluding hydrogens is 424 g/mol. The van der Waals surface area contributed by atoms with Crippen molar-refractivity contribution in [2.75, 3.05) is 13.1 Å². The number of pyridine rings is 1. The van der Waals surface area contributed by atoms with Gasteiger partial charge in [-0.2, -0.15) is 0 Å². The van der Waals surface area contributed by atoms with Crippen molar-refractivity contribution in [2.24, 2.45) is 5.92 Å². The van der Waals surface area contributed by atoms with Crippen LogP contribution in [0.5, 0.6) is 0 Å². The number of benzene rings is 2. The molecule has 1 aliphatic heterocycles. The molecule has 1 atom stereocenters. The van der Waals surface area contributed by atoms with Crippen molar-refractivity contribution in [2.45, 2.75) is 52.1 Å². The summed E-state index contributed by atoms with van der Waals surface area (Å²) in [5.41, 5.74) is 3.99. The topological polar surface area (TPSA) is 79.7 Å². The molecule has 5 rings (SSSR count). The third kappa shape index (κ3) is 4.66. The molecule has 0 spiro atoms. The van der Waals surface area contributed by atoms with Crippen LogP contribution in [0, 0.1) is 5.92 Å². The summed E-state index contributed by atoms with van der Waals surface area (Å²) in [4.78, 5) is 18.9. The molecule has 0 bridgehead atoms. The largest absolute Gasteiger partial charge is 0.322 e. The Morgan fingerprint density at radius 3 is 2.62 bits per heavy atom. The Hall–Kier alpha value is -3.32. The van der Waals surface area contributed by atoms with Gasteiger partial charge in [0.25, 0.3) is 5.56 Å². The molecule has 7 nitrogen and oxygen atoms in total. The highest BCUT2D eigenvalue weighted by molar-refractivity contribution is 5.80. The van der Waals surface area contributed by atoms with Gasteiger partial charge in [0.05, 0.1) is 0 Å². The van der Waals surface area contributed by atoms with Crippen molar-refractivity contribution in [3.05, 3.63) is 87.5 Å². The van der Waals surface area contributed by atoms with Crippen LogP contribution in [-0.4, -0.2) is 43.2 Å². The highest BCUT2D eigenvalue weighted by Gasteiger charge is 2.32. The number of aromatic amines is 1. The minimum atomic E-state index is -0.281. The zero-order valence-electron chi connectivity index (χ0n) is 19.9. The average molecular weight is 457 g/mol. The molecule has 0 radical (unpaired) electrons. The predicted molar refractivity (Wildman–Crippen MR) is 134 cm³/mol. The van der Waals surface area contributed by atoms with Crippen molar-refractivity contribution < 1.29 is 0 Å². The molecule has 34 heavy (non-hydrogen) atoms. The van der Waals surface area contributed by atoms with Gasteiger partial charge in [0.1, 0.15) is 6.04 Å². The minimum absolute atomic E-state index is 0.0713. The summed E-state index contributed by atoms with van der Waals surface area (Å²) in [7, 11) is 0. The maximum Gasteiger partial charge on any atom is 0.253 e. The van der Waals surface area contributed by atoms with Gasteiger partial charge in [-0.3, -0.25) is 9.69 Å². The number of nitrogens with one attached hydrogen (secondary N) is 1. The molecule has 2 aromatic heterocycles. The lowest BCUT2D eigenvalue weighted by molar-refractivity contribution is 0.149. The third-order valence-electron chi connectivity index (χ3n) is 7.08. The van der Waals surface area contributed by atoms with Gasteiger partial charge >= 0.3 is 0 Å². The fraction of sp³-hybridized carbons (Fsp3) is 0.407. The van der Waals surface area contributed by atoms with Crippen LogP contribution < -0.4 is 5.56 Å². The normalized spacial score (nSPS) is 16.2. The van der Waals surface area contributed by atoms with E-state index in [1.165, 1.54) is 11.1 Å². The van der Waals surface area contributed by atoms with E-state index in [2.05, 4.69) is 63.5 Å². The Bertz CT molecular complexity index is 1300. The van der Waals surface area contributed by atoms with Gasteiger partial charge in [0.15, 0.2) is 5.82 Å². The molecule has 1 N–H and O–H groups in total. The summed E-state index contributed by atoms with van der Waals surface area (Å²) in [6.45, 7) is 6.95. The molecule has 0 aliphatic carbocycles. The number of H-pyrrole nitrogens is 1. The van der Waals surface area contributed by atoms with Gasteiger partial charge < -0.3 is 4.98 Å². The number of likely N-dealkylation sites (tertiary alicyclic amines) is 1. The van der Waals surface area contributed by atoms with E-state index in [0.29, 0.717) is 18.0 Å². The Labute approximate surface area is 199 Å². The molecule has 0 amide bonds. The quantitative estimate of drug-likeness (QED) is 0.452. The lowest BCUT2D eigenvalue weighted by Crippen LogP contribution is -2.40. The van der Waals surface area contributed by atoms with Crippen LogP contribution in [-0.2, 0) is 19.4 Å². The van der Waals surface area contributed by atoms with Crippen LogP contribution in [0.25, 0.3) is 10.9 Å². The molecule has 176 valence electrons. The highest BCUT2D eigenvalue weighted by atomic mass is 16.1. The lowest BCUT2D eigenvalue weighted by Gasteiger charge is -2.35. The Kier molecular flexibility index (Phi) is 6.54. The molecular formula is C27H32N6O. The first-order chi connectivity index (χ1) is 16.6. The monoisotopic (exact) mass is 456 g/mol. The van der Waals surface area contributed by atoms with Gasteiger partial charge in [-0.25, -0.2) is 4.68 Å². The Balaban J connectivity index is 1.56. The second-order valence-corrected chi connectivity index (χ2v) is 9.45. The van der Waals surface area contributed by atoms with E-state index in [9.17, 15) is 4.79 Å². The summed E-state index contributed by atoms with van der Waals surface area (Å²) < 4.78 is 1.88. The van der Waals surface area contributed by atoms with E-state index in [1.54, 1.807) is 0 Å². The molecule has 2 aromatic carbocycles. The molecule has 3 heterocycles. The van der Waals surface area contributed by atoms with Crippen LogP contribution in [0.3, 0.4) is 0 Å². The fourth-order valence-electron chi connectivity index (χ4n) is 4.93. The van der Waals surface area contributed by atoms with Gasteiger partial charge in [0.2, 0.25) is 0 Å².